The van der Waals surface area contributed by atoms with Gasteiger partial charge in [0.25, 0.3) is 21.9 Å². The van der Waals surface area contributed by atoms with E-state index in [0.29, 0.717) is 4.90 Å². The Labute approximate surface area is 100 Å². The van der Waals surface area contributed by atoms with Crippen molar-refractivity contribution in [1.82, 2.24) is 4.90 Å². The molecule has 0 aromatic heterocycles. The fraction of sp³-hybridized carbons (Fsp3) is 0.400. The molecule has 2 amide bonds. The van der Waals surface area contributed by atoms with Crippen LogP contribution in [0.25, 0.3) is 0 Å². The van der Waals surface area contributed by atoms with E-state index in [1.807, 2.05) is 0 Å². The van der Waals surface area contributed by atoms with Gasteiger partial charge in [-0.1, -0.05) is 27.0 Å². The van der Waals surface area contributed by atoms with Crippen LogP contribution < -0.4 is 0 Å². The highest BCUT2D eigenvalue weighted by Gasteiger charge is 2.38. The van der Waals surface area contributed by atoms with Gasteiger partial charge in [0.15, 0.2) is 5.37 Å². The Hall–Kier alpha value is -1.47. The average Bonchev–Trinajstić information content (AvgIpc) is 2.21. The molecule has 17 heavy (non-hydrogen) atoms. The van der Waals surface area contributed by atoms with Gasteiger partial charge in [-0.05, 0) is 18.1 Å². The van der Waals surface area contributed by atoms with Crippen molar-refractivity contribution in [3.05, 3.63) is 25.3 Å². The Kier molecular flexibility index (Phi) is 5.24. The smallest absolute Gasteiger partial charge is 0.284 e. The molecule has 7 heteroatoms. The van der Waals surface area contributed by atoms with Gasteiger partial charge in [0.05, 0.1) is 0 Å². The zero-order chi connectivity index (χ0) is 13.8. The molecular weight excluding hydrogens is 246 g/mol. The van der Waals surface area contributed by atoms with Crippen LogP contribution in [0.15, 0.2) is 25.3 Å². The van der Waals surface area contributed by atoms with Crippen LogP contribution in [0.2, 0.25) is 0 Å². The molecule has 0 bridgehead atoms. The van der Waals surface area contributed by atoms with Crippen LogP contribution in [-0.2, 0) is 19.7 Å². The first kappa shape index (κ1) is 15.5. The number of carbonyl (C=O) groups is 2. The van der Waals surface area contributed by atoms with Crippen molar-refractivity contribution < 1.29 is 22.6 Å². The summed E-state index contributed by atoms with van der Waals surface area (Å²) in [5, 5.41) is -1.65. The maximum atomic E-state index is 11.5. The summed E-state index contributed by atoms with van der Waals surface area (Å²) in [6.45, 7) is 9.25. The van der Waals surface area contributed by atoms with E-state index in [4.69, 9.17) is 4.55 Å². The average molecular weight is 261 g/mol. The fourth-order valence-electron chi connectivity index (χ4n) is 1.33. The summed E-state index contributed by atoms with van der Waals surface area (Å²) < 4.78 is 31.5. The maximum Gasteiger partial charge on any atom is 0.287 e. The van der Waals surface area contributed by atoms with Gasteiger partial charge in [0.1, 0.15) is 0 Å². The van der Waals surface area contributed by atoms with Crippen molar-refractivity contribution in [2.45, 2.75) is 19.2 Å². The minimum atomic E-state index is -4.58. The van der Waals surface area contributed by atoms with E-state index in [1.54, 1.807) is 0 Å². The van der Waals surface area contributed by atoms with Crippen molar-refractivity contribution in [3.8, 4) is 0 Å². The van der Waals surface area contributed by atoms with Gasteiger partial charge in [-0.15, -0.1) is 0 Å². The normalized spacial score (nSPS) is 12.9. The van der Waals surface area contributed by atoms with Crippen LogP contribution in [0.3, 0.4) is 0 Å². The lowest BCUT2D eigenvalue weighted by Gasteiger charge is -2.28. The number of rotatable bonds is 5. The van der Waals surface area contributed by atoms with Gasteiger partial charge in [-0.25, -0.2) is 0 Å². The summed E-state index contributed by atoms with van der Waals surface area (Å²) >= 11 is 0. The Morgan fingerprint density at radius 2 is 1.53 bits per heavy atom. The fourth-order valence-corrected chi connectivity index (χ4v) is 2.49. The molecule has 1 atom stereocenters. The molecule has 0 heterocycles. The molecule has 0 spiro atoms. The first-order chi connectivity index (χ1) is 7.66. The highest BCUT2D eigenvalue weighted by Crippen LogP contribution is 2.17. The van der Waals surface area contributed by atoms with Crippen molar-refractivity contribution in [3.63, 3.8) is 0 Å². The number of carbonyl (C=O) groups excluding carboxylic acids is 2. The number of nitrogens with zero attached hydrogens (tertiary/aromatic N) is 1. The van der Waals surface area contributed by atoms with Crippen molar-refractivity contribution in [1.29, 1.82) is 0 Å². The molecule has 0 aliphatic carbocycles. The van der Waals surface area contributed by atoms with E-state index in [9.17, 15) is 18.0 Å². The Morgan fingerprint density at radius 3 is 1.71 bits per heavy atom. The first-order valence-corrected chi connectivity index (χ1v) is 6.25. The lowest BCUT2D eigenvalue weighted by molar-refractivity contribution is -0.140. The highest BCUT2D eigenvalue weighted by molar-refractivity contribution is 7.86. The van der Waals surface area contributed by atoms with E-state index in [0.717, 1.165) is 12.2 Å². The Bertz CT molecular complexity index is 418. The van der Waals surface area contributed by atoms with E-state index in [-0.39, 0.29) is 0 Å². The van der Waals surface area contributed by atoms with E-state index in [1.165, 1.54) is 13.8 Å². The molecule has 6 nitrogen and oxygen atoms in total. The number of hydrogen-bond donors (Lipinski definition) is 1. The molecule has 0 fully saturated rings. The summed E-state index contributed by atoms with van der Waals surface area (Å²) in [7, 11) is -4.58. The van der Waals surface area contributed by atoms with Gasteiger partial charge in [0.2, 0.25) is 0 Å². The van der Waals surface area contributed by atoms with Crippen LogP contribution in [-0.4, -0.2) is 35.1 Å². The lowest BCUT2D eigenvalue weighted by atomic mass is 10.2. The molecule has 96 valence electrons. The van der Waals surface area contributed by atoms with Crippen LogP contribution in [0, 0.1) is 5.92 Å². The third-order valence-corrected chi connectivity index (χ3v) is 3.32. The SMILES string of the molecule is C=CC(=O)N(C(=O)C=C)C(C(C)C)S(=O)(=O)O. The Morgan fingerprint density at radius 1 is 1.18 bits per heavy atom. The quantitative estimate of drug-likeness (QED) is 0.577. The number of hydrogen-bond acceptors (Lipinski definition) is 4. The third-order valence-electron chi connectivity index (χ3n) is 1.95. The van der Waals surface area contributed by atoms with Gasteiger partial charge < -0.3 is 0 Å². The second kappa shape index (κ2) is 5.74. The zero-order valence-corrected chi connectivity index (χ0v) is 10.5. The van der Waals surface area contributed by atoms with Crippen LogP contribution in [0.4, 0.5) is 0 Å². The monoisotopic (exact) mass is 261 g/mol. The topological polar surface area (TPSA) is 91.8 Å². The van der Waals surface area contributed by atoms with E-state index in [2.05, 4.69) is 13.2 Å². The molecule has 0 aliphatic rings. The summed E-state index contributed by atoms with van der Waals surface area (Å²) in [4.78, 5) is 23.4. The van der Waals surface area contributed by atoms with Crippen molar-refractivity contribution >= 4 is 21.9 Å². The molecule has 0 saturated heterocycles. The molecule has 1 unspecified atom stereocenters. The first-order valence-electron chi connectivity index (χ1n) is 4.75. The standard InChI is InChI=1S/C10H15NO5S/c1-5-8(12)11(9(13)6-2)10(7(3)4)17(14,15)16/h5-7,10H,1-2H2,3-4H3,(H,14,15,16). The maximum absolute atomic E-state index is 11.5. The molecule has 0 radical (unpaired) electrons. The van der Waals surface area contributed by atoms with Gasteiger partial charge in [0, 0.05) is 0 Å². The van der Waals surface area contributed by atoms with E-state index >= 15 is 0 Å². The lowest BCUT2D eigenvalue weighted by Crippen LogP contribution is -2.49. The second-order valence-electron chi connectivity index (χ2n) is 3.60. The molecule has 0 aliphatic heterocycles. The predicted octanol–water partition coefficient (Wildman–Crippen LogP) is 0.583. The number of imide groups is 1. The minimum Gasteiger partial charge on any atom is -0.284 e. The predicted molar refractivity (Wildman–Crippen MR) is 62.4 cm³/mol. The molecule has 0 saturated carbocycles. The minimum absolute atomic E-state index is 0.417. The molecule has 0 aromatic carbocycles. The summed E-state index contributed by atoms with van der Waals surface area (Å²) in [6.07, 6.45) is 1.59. The van der Waals surface area contributed by atoms with Crippen LogP contribution >= 0.6 is 0 Å². The van der Waals surface area contributed by atoms with Crippen LogP contribution in [0.1, 0.15) is 13.8 Å². The Balaban J connectivity index is 5.70. The van der Waals surface area contributed by atoms with Crippen LogP contribution in [0.5, 0.6) is 0 Å². The van der Waals surface area contributed by atoms with Gasteiger partial charge in [-0.2, -0.15) is 8.42 Å². The third kappa shape index (κ3) is 3.79. The zero-order valence-electron chi connectivity index (χ0n) is 9.66. The second-order valence-corrected chi connectivity index (χ2v) is 5.12. The summed E-state index contributed by atoms with van der Waals surface area (Å²) in [5.41, 5.74) is 0. The molecule has 0 aromatic rings. The molecular formula is C10H15NO5S. The van der Waals surface area contributed by atoms with Crippen molar-refractivity contribution in [2.75, 3.05) is 0 Å². The molecule has 1 N–H and O–H groups in total. The van der Waals surface area contributed by atoms with Gasteiger partial charge >= 0.3 is 0 Å². The summed E-state index contributed by atoms with van der Waals surface area (Å²) in [5.74, 6) is -2.49. The largest absolute Gasteiger partial charge is 0.287 e. The number of amides is 2. The van der Waals surface area contributed by atoms with Gasteiger partial charge in [-0.3, -0.25) is 19.0 Å². The summed E-state index contributed by atoms with van der Waals surface area (Å²) in [6, 6.07) is 0. The molecule has 0 rings (SSSR count). The van der Waals surface area contributed by atoms with E-state index < -0.39 is 33.2 Å². The highest BCUT2D eigenvalue weighted by atomic mass is 32.2. The van der Waals surface area contributed by atoms with Crippen molar-refractivity contribution in [2.24, 2.45) is 5.92 Å².